The normalized spacial score (nSPS) is 10.6. The molecule has 0 amide bonds. The second-order valence-corrected chi connectivity index (χ2v) is 4.27. The molecule has 0 N–H and O–H groups in total. The van der Waals surface area contributed by atoms with E-state index in [0.717, 1.165) is 0 Å². The molecule has 0 saturated heterocycles. The fourth-order valence-corrected chi connectivity index (χ4v) is 2.38. The average Bonchev–Trinajstić information content (AvgIpc) is 2.56. The van der Waals surface area contributed by atoms with Crippen molar-refractivity contribution in [1.29, 1.82) is 0 Å². The largest absolute Gasteiger partial charge is 0.126 e. The van der Waals surface area contributed by atoms with Crippen LogP contribution in [-0.2, 0) is 26.2 Å². The van der Waals surface area contributed by atoms with Crippen molar-refractivity contribution in [3.8, 4) is 0 Å². The molecule has 1 heteroatoms. The summed E-state index contributed by atoms with van der Waals surface area (Å²) >= 11 is 0. The van der Waals surface area contributed by atoms with Crippen LogP contribution >= 0.6 is 0 Å². The summed E-state index contributed by atoms with van der Waals surface area (Å²) in [6.45, 7) is 4.32. The number of rotatable bonds is 0. The average molecular weight is 284 g/mol. The summed E-state index contributed by atoms with van der Waals surface area (Å²) in [6, 6.07) is 15.5. The van der Waals surface area contributed by atoms with Crippen molar-refractivity contribution in [3.05, 3.63) is 53.6 Å². The molecule has 0 aromatic heterocycles. The minimum atomic E-state index is 0. The summed E-state index contributed by atoms with van der Waals surface area (Å²) in [7, 11) is 0. The molecule has 3 aromatic rings. The zero-order valence-electron chi connectivity index (χ0n) is 9.54. The van der Waals surface area contributed by atoms with Crippen molar-refractivity contribution in [2.45, 2.75) is 13.8 Å². The molecule has 0 atom stereocenters. The van der Waals surface area contributed by atoms with Gasteiger partial charge < -0.3 is 0 Å². The summed E-state index contributed by atoms with van der Waals surface area (Å²) in [5, 5.41) is 5.51. The van der Waals surface area contributed by atoms with E-state index in [2.05, 4.69) is 56.3 Å². The van der Waals surface area contributed by atoms with Crippen LogP contribution in [0.5, 0.6) is 0 Å². The van der Waals surface area contributed by atoms with Crippen LogP contribution < -0.4 is 0 Å². The molecular weight excluding hydrogens is 271 g/mol. The third kappa shape index (κ3) is 1.68. The molecule has 0 fully saturated rings. The first-order valence-electron chi connectivity index (χ1n) is 5.31. The van der Waals surface area contributed by atoms with Gasteiger partial charge in [-0.1, -0.05) is 35.4 Å². The van der Waals surface area contributed by atoms with Gasteiger partial charge in [0.2, 0.25) is 0 Å². The molecule has 0 aliphatic carbocycles. The van der Waals surface area contributed by atoms with Gasteiger partial charge in [0, 0.05) is 26.2 Å². The van der Waals surface area contributed by atoms with Crippen molar-refractivity contribution >= 4 is 21.5 Å². The topological polar surface area (TPSA) is 0 Å². The van der Waals surface area contributed by atoms with E-state index in [1.54, 1.807) is 0 Å². The van der Waals surface area contributed by atoms with Crippen molar-refractivity contribution in [2.75, 3.05) is 0 Å². The van der Waals surface area contributed by atoms with Crippen LogP contribution in [0.3, 0.4) is 0 Å². The van der Waals surface area contributed by atoms with Crippen molar-refractivity contribution in [2.24, 2.45) is 0 Å². The minimum Gasteiger partial charge on any atom is -0.126 e. The Balaban J connectivity index is 0.000000963. The van der Waals surface area contributed by atoms with Gasteiger partial charge in [0.05, 0.1) is 0 Å². The Labute approximate surface area is 115 Å². The molecule has 16 heavy (non-hydrogen) atoms. The van der Waals surface area contributed by atoms with Gasteiger partial charge in [-0.3, -0.25) is 0 Å². The third-order valence-electron chi connectivity index (χ3n) is 3.09. The zero-order chi connectivity index (χ0) is 10.4. The van der Waals surface area contributed by atoms with Gasteiger partial charge in [0.1, 0.15) is 0 Å². The number of aryl methyl sites for hydroxylation is 2. The van der Waals surface area contributed by atoms with Crippen molar-refractivity contribution < 1.29 is 26.2 Å². The third-order valence-corrected chi connectivity index (χ3v) is 3.09. The summed E-state index contributed by atoms with van der Waals surface area (Å²) in [6.07, 6.45) is 0. The monoisotopic (exact) mass is 283 g/mol. The van der Waals surface area contributed by atoms with E-state index in [0.29, 0.717) is 0 Å². The molecule has 0 aliphatic heterocycles. The predicted molar refractivity (Wildman–Crippen MR) is 66.5 cm³/mol. The number of benzene rings is 2. The molecule has 0 spiro atoms. The second-order valence-electron chi connectivity index (χ2n) is 4.27. The van der Waals surface area contributed by atoms with E-state index in [1.165, 1.54) is 32.7 Å². The molecule has 78 valence electrons. The zero-order valence-corrected chi connectivity index (χ0v) is 12.0. The van der Waals surface area contributed by atoms with E-state index >= 15 is 0 Å². The Morgan fingerprint density at radius 1 is 0.938 bits per heavy atom. The van der Waals surface area contributed by atoms with Crippen LogP contribution in [0.1, 0.15) is 11.1 Å². The second kappa shape index (κ2) is 4.22. The quantitative estimate of drug-likeness (QED) is 0.539. The Kier molecular flexibility index (Phi) is 3.08. The maximum absolute atomic E-state index is 2.28. The van der Waals surface area contributed by atoms with E-state index < -0.39 is 0 Å². The van der Waals surface area contributed by atoms with E-state index in [1.807, 2.05) is 0 Å². The van der Waals surface area contributed by atoms with Crippen LogP contribution in [0.15, 0.2) is 42.5 Å². The number of hydrogen-bond acceptors (Lipinski definition) is 0. The van der Waals surface area contributed by atoms with E-state index in [-0.39, 0.29) is 26.2 Å². The molecule has 0 radical (unpaired) electrons. The fourth-order valence-electron chi connectivity index (χ4n) is 2.38. The van der Waals surface area contributed by atoms with Gasteiger partial charge in [-0.15, -0.1) is 39.7 Å². The van der Waals surface area contributed by atoms with Crippen molar-refractivity contribution in [3.63, 3.8) is 0 Å². The summed E-state index contributed by atoms with van der Waals surface area (Å²) in [5.74, 6) is 0. The van der Waals surface area contributed by atoms with Gasteiger partial charge in [-0.05, 0) is 13.8 Å². The summed E-state index contributed by atoms with van der Waals surface area (Å²) < 4.78 is 0. The Bertz CT molecular complexity index is 647. The number of fused-ring (bicyclic) bond motifs is 3. The molecule has 0 nitrogen and oxygen atoms in total. The summed E-state index contributed by atoms with van der Waals surface area (Å²) in [4.78, 5) is 0. The van der Waals surface area contributed by atoms with Crippen molar-refractivity contribution in [1.82, 2.24) is 0 Å². The van der Waals surface area contributed by atoms with E-state index in [4.69, 9.17) is 0 Å². The SMILES string of the molecule is Cc1ccc2c(c1)[cH-]c1cccc(C)c12.[Zr]. The van der Waals surface area contributed by atoms with Crippen LogP contribution in [0.4, 0.5) is 0 Å². The first-order chi connectivity index (χ1) is 7.25. The predicted octanol–water partition coefficient (Wildman–Crippen LogP) is 4.33. The Morgan fingerprint density at radius 2 is 1.75 bits per heavy atom. The van der Waals surface area contributed by atoms with Gasteiger partial charge >= 0.3 is 0 Å². The van der Waals surface area contributed by atoms with Crippen LogP contribution in [0.25, 0.3) is 21.5 Å². The standard InChI is InChI=1S/C15H13.Zr/c1-10-6-7-14-13(8-10)9-12-5-3-4-11(2)15(12)14;/h3-9H,1-2H3;/q-1;. The molecule has 0 heterocycles. The van der Waals surface area contributed by atoms with Crippen LogP contribution in [0, 0.1) is 13.8 Å². The molecule has 0 aliphatic rings. The van der Waals surface area contributed by atoms with Gasteiger partial charge in [-0.25, -0.2) is 0 Å². The van der Waals surface area contributed by atoms with Crippen LogP contribution in [0.2, 0.25) is 0 Å². The molecule has 3 rings (SSSR count). The van der Waals surface area contributed by atoms with Gasteiger partial charge in [-0.2, -0.15) is 0 Å². The fraction of sp³-hybridized carbons (Fsp3) is 0.133. The van der Waals surface area contributed by atoms with E-state index in [9.17, 15) is 0 Å². The first kappa shape index (κ1) is 11.7. The maximum atomic E-state index is 2.28. The first-order valence-corrected chi connectivity index (χ1v) is 5.31. The molecule has 0 bridgehead atoms. The van der Waals surface area contributed by atoms with Crippen LogP contribution in [-0.4, -0.2) is 0 Å². The number of hydrogen-bond donors (Lipinski definition) is 0. The molecule has 0 unspecified atom stereocenters. The molecular formula is C15H13Zr-. The van der Waals surface area contributed by atoms with Gasteiger partial charge in [0.15, 0.2) is 0 Å². The molecule has 0 saturated carbocycles. The minimum absolute atomic E-state index is 0. The maximum Gasteiger partial charge on any atom is 0 e. The Hall–Kier alpha value is -0.807. The molecule has 3 aromatic carbocycles. The van der Waals surface area contributed by atoms with Gasteiger partial charge in [0.25, 0.3) is 0 Å². The summed E-state index contributed by atoms with van der Waals surface area (Å²) in [5.41, 5.74) is 2.70. The smallest absolute Gasteiger partial charge is 0 e. The Morgan fingerprint density at radius 3 is 2.56 bits per heavy atom.